The molecule has 0 bridgehead atoms. The number of hydrogen-bond acceptors (Lipinski definition) is 2. The highest BCUT2D eigenvalue weighted by Gasteiger charge is 2.17. The average Bonchev–Trinajstić information content (AvgIpc) is 2.32. The van der Waals surface area contributed by atoms with Crippen molar-refractivity contribution in [2.75, 3.05) is 18.0 Å². The van der Waals surface area contributed by atoms with Gasteiger partial charge in [-0.25, -0.2) is 4.39 Å². The van der Waals surface area contributed by atoms with Crippen molar-refractivity contribution in [3.8, 4) is 6.07 Å². The smallest absolute Gasteiger partial charge is 0.123 e. The van der Waals surface area contributed by atoms with Gasteiger partial charge >= 0.3 is 0 Å². The predicted octanol–water partition coefficient (Wildman–Crippen LogP) is 3.59. The number of nitriles is 1. The standard InChI is InChI=1S/C14H19FN2/c1-4-17(10-9-14(2,3)11-16)13-7-5-12(15)6-8-13/h5-8H,4,9-10H2,1-3H3. The van der Waals surface area contributed by atoms with E-state index in [4.69, 9.17) is 5.26 Å². The molecule has 0 unspecified atom stereocenters. The molecule has 1 rings (SSSR count). The minimum absolute atomic E-state index is 0.220. The Morgan fingerprint density at radius 3 is 2.35 bits per heavy atom. The van der Waals surface area contributed by atoms with Crippen molar-refractivity contribution in [2.24, 2.45) is 5.41 Å². The summed E-state index contributed by atoms with van der Waals surface area (Å²) in [5.74, 6) is -0.220. The van der Waals surface area contributed by atoms with Gasteiger partial charge in [0.15, 0.2) is 0 Å². The molecule has 0 aliphatic carbocycles. The van der Waals surface area contributed by atoms with Crippen LogP contribution in [0.2, 0.25) is 0 Å². The van der Waals surface area contributed by atoms with Crippen LogP contribution in [0.3, 0.4) is 0 Å². The molecule has 1 aromatic carbocycles. The molecule has 0 saturated heterocycles. The van der Waals surface area contributed by atoms with Gasteiger partial charge in [0.05, 0.1) is 11.5 Å². The van der Waals surface area contributed by atoms with E-state index in [1.165, 1.54) is 12.1 Å². The maximum Gasteiger partial charge on any atom is 0.123 e. The molecule has 0 atom stereocenters. The summed E-state index contributed by atoms with van der Waals surface area (Å²) >= 11 is 0. The second kappa shape index (κ2) is 5.67. The lowest BCUT2D eigenvalue weighted by molar-refractivity contribution is 0.451. The third-order valence-electron chi connectivity index (χ3n) is 2.88. The molecule has 2 nitrogen and oxygen atoms in total. The van der Waals surface area contributed by atoms with Gasteiger partial charge in [0.1, 0.15) is 5.82 Å². The molecule has 92 valence electrons. The Hall–Kier alpha value is -1.56. The largest absolute Gasteiger partial charge is 0.372 e. The van der Waals surface area contributed by atoms with Crippen LogP contribution >= 0.6 is 0 Å². The minimum atomic E-state index is -0.312. The van der Waals surface area contributed by atoms with Crippen molar-refractivity contribution >= 4 is 5.69 Å². The normalized spacial score (nSPS) is 11.0. The molecule has 0 aliphatic rings. The molecule has 0 spiro atoms. The van der Waals surface area contributed by atoms with Crippen molar-refractivity contribution in [3.05, 3.63) is 30.1 Å². The fraction of sp³-hybridized carbons (Fsp3) is 0.500. The highest BCUT2D eigenvalue weighted by atomic mass is 19.1. The van der Waals surface area contributed by atoms with Gasteiger partial charge in [0.2, 0.25) is 0 Å². The molecule has 0 aromatic heterocycles. The number of hydrogen-bond donors (Lipinski definition) is 0. The molecular weight excluding hydrogens is 215 g/mol. The van der Waals surface area contributed by atoms with Crippen molar-refractivity contribution in [1.29, 1.82) is 5.26 Å². The van der Waals surface area contributed by atoms with Crippen LogP contribution in [0, 0.1) is 22.6 Å². The molecule has 0 aliphatic heterocycles. The van der Waals surface area contributed by atoms with Gasteiger partial charge < -0.3 is 4.90 Å². The van der Waals surface area contributed by atoms with Crippen LogP contribution < -0.4 is 4.90 Å². The minimum Gasteiger partial charge on any atom is -0.372 e. The number of anilines is 1. The monoisotopic (exact) mass is 234 g/mol. The summed E-state index contributed by atoms with van der Waals surface area (Å²) in [7, 11) is 0. The second-order valence-electron chi connectivity index (χ2n) is 4.80. The molecule has 0 fully saturated rings. The lowest BCUT2D eigenvalue weighted by Crippen LogP contribution is -2.27. The number of halogens is 1. The Labute approximate surface area is 103 Å². The summed E-state index contributed by atoms with van der Waals surface area (Å²) in [5, 5.41) is 8.97. The second-order valence-corrected chi connectivity index (χ2v) is 4.80. The van der Waals surface area contributed by atoms with Gasteiger partial charge in [-0.1, -0.05) is 0 Å². The first-order chi connectivity index (χ1) is 7.98. The van der Waals surface area contributed by atoms with E-state index in [2.05, 4.69) is 17.9 Å². The fourth-order valence-corrected chi connectivity index (χ4v) is 1.59. The molecule has 0 saturated carbocycles. The number of rotatable bonds is 5. The van der Waals surface area contributed by atoms with Crippen LogP contribution in [0.1, 0.15) is 27.2 Å². The maximum atomic E-state index is 12.8. The van der Waals surface area contributed by atoms with Gasteiger partial charge in [0, 0.05) is 18.8 Å². The zero-order chi connectivity index (χ0) is 12.9. The van der Waals surface area contributed by atoms with Gasteiger partial charge in [-0.15, -0.1) is 0 Å². The van der Waals surface area contributed by atoms with Gasteiger partial charge in [-0.2, -0.15) is 5.26 Å². The first-order valence-corrected chi connectivity index (χ1v) is 5.90. The maximum absolute atomic E-state index is 12.8. The van der Waals surface area contributed by atoms with E-state index in [9.17, 15) is 4.39 Å². The molecule has 3 heteroatoms. The van der Waals surface area contributed by atoms with Crippen molar-refractivity contribution < 1.29 is 4.39 Å². The molecule has 0 heterocycles. The molecule has 0 N–H and O–H groups in total. The lowest BCUT2D eigenvalue weighted by atomic mass is 9.91. The Morgan fingerprint density at radius 1 is 1.29 bits per heavy atom. The highest BCUT2D eigenvalue weighted by Crippen LogP contribution is 2.22. The van der Waals surface area contributed by atoms with Crippen LogP contribution in [-0.2, 0) is 0 Å². The van der Waals surface area contributed by atoms with Crippen LogP contribution in [0.4, 0.5) is 10.1 Å². The van der Waals surface area contributed by atoms with Crippen LogP contribution in [0.5, 0.6) is 0 Å². The Morgan fingerprint density at radius 2 is 1.88 bits per heavy atom. The Bertz CT molecular complexity index is 390. The molecule has 0 amide bonds. The summed E-state index contributed by atoms with van der Waals surface area (Å²) in [5.41, 5.74) is 0.690. The van der Waals surface area contributed by atoms with E-state index >= 15 is 0 Å². The van der Waals surface area contributed by atoms with Gasteiger partial charge in [-0.05, 0) is 51.5 Å². The van der Waals surface area contributed by atoms with Gasteiger partial charge in [-0.3, -0.25) is 0 Å². The zero-order valence-corrected chi connectivity index (χ0v) is 10.7. The Kier molecular flexibility index (Phi) is 4.51. The topological polar surface area (TPSA) is 27.0 Å². The van der Waals surface area contributed by atoms with Gasteiger partial charge in [0.25, 0.3) is 0 Å². The van der Waals surface area contributed by atoms with Crippen LogP contribution in [0.15, 0.2) is 24.3 Å². The van der Waals surface area contributed by atoms with Crippen LogP contribution in [-0.4, -0.2) is 13.1 Å². The Balaban J connectivity index is 2.67. The quantitative estimate of drug-likeness (QED) is 0.778. The molecule has 1 aromatic rings. The first kappa shape index (κ1) is 13.5. The summed E-state index contributed by atoms with van der Waals surface area (Å²) < 4.78 is 12.8. The van der Waals surface area contributed by atoms with Crippen LogP contribution in [0.25, 0.3) is 0 Å². The third-order valence-corrected chi connectivity index (χ3v) is 2.88. The zero-order valence-electron chi connectivity index (χ0n) is 10.7. The summed E-state index contributed by atoms with van der Waals surface area (Å²) in [6.07, 6.45) is 0.800. The van der Waals surface area contributed by atoms with E-state index in [0.29, 0.717) is 0 Å². The van der Waals surface area contributed by atoms with Crippen molar-refractivity contribution in [1.82, 2.24) is 0 Å². The first-order valence-electron chi connectivity index (χ1n) is 5.90. The van der Waals surface area contributed by atoms with E-state index in [0.717, 1.165) is 25.2 Å². The van der Waals surface area contributed by atoms with E-state index in [-0.39, 0.29) is 11.2 Å². The molecule has 17 heavy (non-hydrogen) atoms. The highest BCUT2D eigenvalue weighted by molar-refractivity contribution is 5.46. The molecule has 0 radical (unpaired) electrons. The lowest BCUT2D eigenvalue weighted by Gasteiger charge is -2.26. The SMILES string of the molecule is CCN(CCC(C)(C)C#N)c1ccc(F)cc1. The summed E-state index contributed by atoms with van der Waals surface area (Å²) in [6.45, 7) is 7.59. The average molecular weight is 234 g/mol. The number of benzene rings is 1. The third kappa shape index (κ3) is 4.07. The summed E-state index contributed by atoms with van der Waals surface area (Å²) in [4.78, 5) is 2.15. The summed E-state index contributed by atoms with van der Waals surface area (Å²) in [6, 6.07) is 8.78. The number of nitrogens with zero attached hydrogens (tertiary/aromatic N) is 2. The van der Waals surface area contributed by atoms with E-state index < -0.39 is 0 Å². The predicted molar refractivity (Wildman–Crippen MR) is 68.3 cm³/mol. The fourth-order valence-electron chi connectivity index (χ4n) is 1.59. The van der Waals surface area contributed by atoms with Crippen molar-refractivity contribution in [2.45, 2.75) is 27.2 Å². The molecular formula is C14H19FN2. The van der Waals surface area contributed by atoms with E-state index in [1.807, 2.05) is 13.8 Å². The van der Waals surface area contributed by atoms with E-state index in [1.54, 1.807) is 12.1 Å². The van der Waals surface area contributed by atoms with Crippen molar-refractivity contribution in [3.63, 3.8) is 0 Å².